The van der Waals surface area contributed by atoms with Crippen molar-refractivity contribution in [2.24, 2.45) is 45.9 Å². The van der Waals surface area contributed by atoms with Crippen molar-refractivity contribution in [3.8, 4) is 35.0 Å². The molecule has 7 N–H and O–H groups in total. The number of rotatable bonds is 17. The molecule has 2 bridgehead atoms. The maximum atomic E-state index is 15.5. The molecule has 2 aromatic carbocycles. The first-order valence-electron chi connectivity index (χ1n) is 27.2. The number of guanidine groups is 1. The molecule has 0 saturated heterocycles. The summed E-state index contributed by atoms with van der Waals surface area (Å²) >= 11 is 0. The lowest BCUT2D eigenvalue weighted by atomic mass is 9.50. The number of methoxy groups -OCH3 is 1. The van der Waals surface area contributed by atoms with E-state index in [4.69, 9.17) is 14.2 Å². The first-order valence-corrected chi connectivity index (χ1v) is 27.2. The summed E-state index contributed by atoms with van der Waals surface area (Å²) in [5, 5.41) is 54.6. The van der Waals surface area contributed by atoms with Crippen LogP contribution in [0.25, 0.3) is 0 Å². The van der Waals surface area contributed by atoms with Crippen LogP contribution in [0.15, 0.2) is 47.5 Å². The van der Waals surface area contributed by atoms with Crippen molar-refractivity contribution in [3.63, 3.8) is 0 Å². The molecule has 10 unspecified atom stereocenters. The number of hydrogen-bond donors (Lipinski definition) is 7. The molecule has 0 amide bonds. The van der Waals surface area contributed by atoms with Crippen molar-refractivity contribution in [2.45, 2.75) is 178 Å². The van der Waals surface area contributed by atoms with Gasteiger partial charge in [0.15, 0.2) is 35.1 Å². The second kappa shape index (κ2) is 23.5. The van der Waals surface area contributed by atoms with Crippen molar-refractivity contribution >= 4 is 17.4 Å². The van der Waals surface area contributed by atoms with Gasteiger partial charge in [0.1, 0.15) is 5.60 Å². The van der Waals surface area contributed by atoms with Crippen molar-refractivity contribution in [1.29, 1.82) is 0 Å². The van der Waals surface area contributed by atoms with Crippen LogP contribution in [0, 0.1) is 52.9 Å². The van der Waals surface area contributed by atoms with Crippen molar-refractivity contribution < 1.29 is 39.4 Å². The molecule has 5 aliphatic carbocycles. The van der Waals surface area contributed by atoms with Gasteiger partial charge in [-0.05, 0) is 174 Å². The molecule has 1 spiro atoms. The van der Waals surface area contributed by atoms with E-state index < -0.39 is 22.7 Å². The van der Waals surface area contributed by atoms with Gasteiger partial charge in [0, 0.05) is 49.9 Å². The van der Waals surface area contributed by atoms with E-state index >= 15 is 4.79 Å². The lowest BCUT2D eigenvalue weighted by Crippen LogP contribution is -2.50. The minimum absolute atomic E-state index is 0.00389. The fourth-order valence-corrected chi connectivity index (χ4v) is 14.8. The molecule has 2 aromatic rings. The molecule has 8 rings (SSSR count). The van der Waals surface area contributed by atoms with Crippen molar-refractivity contribution in [2.75, 3.05) is 39.7 Å². The minimum Gasteiger partial charge on any atom is -0.504 e. The number of carbonyl (C=O) groups is 1. The molecule has 1 aliphatic heterocycles. The summed E-state index contributed by atoms with van der Waals surface area (Å²) in [5.41, 5.74) is 0.780. The van der Waals surface area contributed by atoms with E-state index in [-0.39, 0.29) is 53.7 Å². The number of nitrogens with one attached hydrogen (secondary N) is 3. The highest BCUT2D eigenvalue weighted by molar-refractivity contribution is 5.97. The highest BCUT2D eigenvalue weighted by Crippen LogP contribution is 2.64. The number of likely N-dealkylation sites (N-methyl/N-ethyl adjacent to an activating group) is 1. The Kier molecular flexibility index (Phi) is 17.5. The molecule has 70 heavy (non-hydrogen) atoms. The van der Waals surface area contributed by atoms with Gasteiger partial charge in [0.05, 0.1) is 18.9 Å². The van der Waals surface area contributed by atoms with Gasteiger partial charge in [-0.1, -0.05) is 69.9 Å². The van der Waals surface area contributed by atoms with Gasteiger partial charge in [0.25, 0.3) is 0 Å². The standard InChI is InChI=1S/C58H84N4O8/c1-5-6-14-41-33-42(15-13-30-63)46-20-11-27-58(46)44-34-48(54(67)51(35-44)70-56(38-59-2)28-25-40(36-56)32-53(66)69-45-18-8-7-9-19-45)62-55(60-3)61-29-12-17-43-16-10-26-57(43,52(65)24-22-47(41)58)37-39-21-23-49(64)50(31-39)68-4/h21-24,31,34-35,40-43,45-47,53,59,63-64,66-67H,5-11,13-20,25-28,30,32-33,36-38H2,1-4H3,(H2,60,61,62). The number of ether oxygens (including phenoxy) is 3. The number of aliphatic hydroxyl groups is 2. The van der Waals surface area contributed by atoms with E-state index in [9.17, 15) is 20.4 Å². The molecule has 12 heteroatoms. The maximum Gasteiger partial charge on any atom is 0.207 e. The third-order valence-corrected chi connectivity index (χ3v) is 18.0. The summed E-state index contributed by atoms with van der Waals surface area (Å²) in [6.45, 7) is 2.98. The van der Waals surface area contributed by atoms with Crippen LogP contribution in [0.1, 0.15) is 159 Å². The molecule has 384 valence electrons. The van der Waals surface area contributed by atoms with Gasteiger partial charge >= 0.3 is 0 Å². The molecule has 5 saturated carbocycles. The number of anilines is 1. The predicted molar refractivity (Wildman–Crippen MR) is 276 cm³/mol. The van der Waals surface area contributed by atoms with E-state index in [0.29, 0.717) is 67.2 Å². The van der Waals surface area contributed by atoms with Gasteiger partial charge in [-0.2, -0.15) is 0 Å². The Morgan fingerprint density at radius 3 is 2.54 bits per heavy atom. The molecule has 5 fully saturated rings. The van der Waals surface area contributed by atoms with Gasteiger partial charge in [0.2, 0.25) is 5.96 Å². The number of aliphatic imine (C=N–C) groups is 1. The van der Waals surface area contributed by atoms with Gasteiger partial charge in [-0.25, -0.2) is 0 Å². The number of ketones is 1. The second-order valence-electron chi connectivity index (χ2n) is 22.2. The van der Waals surface area contributed by atoms with Crippen LogP contribution in [0.4, 0.5) is 5.69 Å². The number of unbranched alkanes of at least 4 members (excludes halogenated alkanes) is 1. The zero-order chi connectivity index (χ0) is 49.3. The van der Waals surface area contributed by atoms with Crippen LogP contribution in [0.2, 0.25) is 0 Å². The van der Waals surface area contributed by atoms with Gasteiger partial charge in [-0.15, -0.1) is 0 Å². The number of aliphatic hydroxyl groups excluding tert-OH is 2. The minimum atomic E-state index is -0.819. The van der Waals surface area contributed by atoms with E-state index in [1.54, 1.807) is 20.2 Å². The molecular formula is C58H84N4O8. The Morgan fingerprint density at radius 2 is 1.77 bits per heavy atom. The molecule has 1 heterocycles. The topological polar surface area (TPSA) is 174 Å². The maximum absolute atomic E-state index is 15.5. The predicted octanol–water partition coefficient (Wildman–Crippen LogP) is 10.1. The highest BCUT2D eigenvalue weighted by atomic mass is 16.6. The molecule has 12 nitrogen and oxygen atoms in total. The Labute approximate surface area is 418 Å². The first-order chi connectivity index (χ1) is 34.0. The molecular weight excluding hydrogens is 881 g/mol. The fourth-order valence-electron chi connectivity index (χ4n) is 14.8. The summed E-state index contributed by atoms with van der Waals surface area (Å²) in [6, 6.07) is 12.9. The van der Waals surface area contributed by atoms with Gasteiger partial charge < -0.3 is 45.3 Å². The van der Waals surface area contributed by atoms with Crippen molar-refractivity contribution in [3.05, 3.63) is 53.6 Å². The number of fused-ring (bicyclic) bond motifs is 3. The Hall–Kier alpha value is -4.28. The third kappa shape index (κ3) is 11.2. The Morgan fingerprint density at radius 1 is 0.957 bits per heavy atom. The Bertz CT molecular complexity index is 2210. The number of benzene rings is 2. The summed E-state index contributed by atoms with van der Waals surface area (Å²) < 4.78 is 19.0. The summed E-state index contributed by atoms with van der Waals surface area (Å²) in [7, 11) is 5.20. The number of phenolic OH excluding ortho intramolecular Hbond substituents is 2. The number of hydrogen-bond acceptors (Lipinski definition) is 10. The average Bonchev–Trinajstić information content (AvgIpc) is 4.10. The number of aromatic hydroxyl groups is 2. The number of nitrogens with zero attached hydrogens (tertiary/aromatic N) is 1. The number of allylic oxidation sites excluding steroid dienone is 2. The SMILES string of the molecule is CCCCC1CC(CCCO)C2CCCC23c2cc(c(O)c(OC4(CNC)CCC(CC(O)OC5CCCCC5)C4)c2)NC(=NC)NC#CCC2CCCC2(Cc2ccc(O)c(OC)c2)C(=O)C=CC13. The zero-order valence-corrected chi connectivity index (χ0v) is 42.7. The molecule has 0 aromatic heterocycles. The monoisotopic (exact) mass is 965 g/mol. The fraction of sp³-hybridized carbons (Fsp3) is 0.690. The summed E-state index contributed by atoms with van der Waals surface area (Å²) in [6.07, 6.45) is 24.4. The van der Waals surface area contributed by atoms with Gasteiger partial charge in [-0.3, -0.25) is 15.1 Å². The second-order valence-corrected chi connectivity index (χ2v) is 22.2. The smallest absolute Gasteiger partial charge is 0.207 e. The average molecular weight is 965 g/mol. The largest absolute Gasteiger partial charge is 0.504 e. The number of carbonyl (C=O) groups excluding carboxylic acids is 1. The highest BCUT2D eigenvalue weighted by Gasteiger charge is 2.57. The first kappa shape index (κ1) is 52.1. The van der Waals surface area contributed by atoms with Crippen molar-refractivity contribution in [1.82, 2.24) is 10.6 Å². The number of phenols is 2. The van der Waals surface area contributed by atoms with E-state index in [1.807, 2.05) is 25.3 Å². The molecule has 0 radical (unpaired) electrons. The van der Waals surface area contributed by atoms with Crippen LogP contribution in [-0.4, -0.2) is 84.5 Å². The molecule has 10 atom stereocenters. The van der Waals surface area contributed by atoms with Crippen LogP contribution in [-0.2, 0) is 21.4 Å². The zero-order valence-electron chi connectivity index (χ0n) is 42.7. The summed E-state index contributed by atoms with van der Waals surface area (Å²) in [4.78, 5) is 20.1. The lowest BCUT2D eigenvalue weighted by molar-refractivity contribution is -0.152. The van der Waals surface area contributed by atoms with Crippen LogP contribution in [0.5, 0.6) is 23.0 Å². The van der Waals surface area contributed by atoms with Crippen LogP contribution >= 0.6 is 0 Å². The van der Waals surface area contributed by atoms with E-state index in [0.717, 1.165) is 127 Å². The van der Waals surface area contributed by atoms with E-state index in [1.165, 1.54) is 6.42 Å². The van der Waals surface area contributed by atoms with E-state index in [2.05, 4.69) is 58.0 Å². The summed E-state index contributed by atoms with van der Waals surface area (Å²) in [5.74, 6) is 5.95. The quantitative estimate of drug-likeness (QED) is 0.0457. The van der Waals surface area contributed by atoms with Crippen LogP contribution < -0.4 is 25.4 Å². The normalized spacial score (nSPS) is 32.3. The third-order valence-electron chi connectivity index (χ3n) is 18.0. The lowest BCUT2D eigenvalue weighted by Gasteiger charge is -2.54. The van der Waals surface area contributed by atoms with Crippen LogP contribution in [0.3, 0.4) is 0 Å². The Balaban J connectivity index is 1.24. The molecule has 6 aliphatic rings.